The molecule has 0 saturated heterocycles. The number of carbonyl (C=O) groups excluding carboxylic acids is 1. The quantitative estimate of drug-likeness (QED) is 0.785. The number of hydrogen-bond donors (Lipinski definition) is 2. The molecule has 0 fully saturated rings. The summed E-state index contributed by atoms with van der Waals surface area (Å²) in [7, 11) is 0. The lowest BCUT2D eigenvalue weighted by atomic mass is 10.2. The maximum absolute atomic E-state index is 12.3. The highest BCUT2D eigenvalue weighted by molar-refractivity contribution is 5.78. The molecule has 0 radical (unpaired) electrons. The molecule has 7 heteroatoms. The highest BCUT2D eigenvalue weighted by atomic mass is 19.4. The molecule has 0 spiro atoms. The Kier molecular flexibility index (Phi) is 5.82. The Bertz CT molecular complexity index is 432. The smallest absolute Gasteiger partial charge is 0.416 e. The van der Waals surface area contributed by atoms with Crippen LogP contribution in [0.15, 0.2) is 24.3 Å². The summed E-state index contributed by atoms with van der Waals surface area (Å²) in [5.41, 5.74) is 4.61. The van der Waals surface area contributed by atoms with Crippen LogP contribution in [0.25, 0.3) is 0 Å². The van der Waals surface area contributed by atoms with Crippen LogP contribution in [0.3, 0.4) is 0 Å². The largest absolute Gasteiger partial charge is 0.492 e. The van der Waals surface area contributed by atoms with Crippen LogP contribution in [0.1, 0.15) is 12.5 Å². The van der Waals surface area contributed by atoms with Crippen LogP contribution in [-0.4, -0.2) is 25.6 Å². The number of nitrogens with two attached hydrogens (primary N) is 1. The van der Waals surface area contributed by atoms with Gasteiger partial charge in [0.15, 0.2) is 0 Å². The van der Waals surface area contributed by atoms with Gasteiger partial charge >= 0.3 is 6.18 Å². The van der Waals surface area contributed by atoms with Crippen molar-refractivity contribution in [2.75, 3.05) is 19.7 Å². The predicted octanol–water partition coefficient (Wildman–Crippen LogP) is 1.80. The third-order valence-corrected chi connectivity index (χ3v) is 2.65. The van der Waals surface area contributed by atoms with E-state index in [-0.39, 0.29) is 31.5 Å². The molecular weight excluding hydrogens is 273 g/mol. The molecule has 0 aliphatic rings. The molecule has 1 unspecified atom stereocenters. The standard InChI is InChI=1S/C13H17F3N2O2/c1-9(8-17)12(19)18-6-7-20-11-4-2-10(3-5-11)13(14,15)16/h2-5,9H,6-8,17H2,1H3,(H,18,19). The number of alkyl halides is 3. The zero-order chi connectivity index (χ0) is 15.2. The van der Waals surface area contributed by atoms with E-state index in [0.29, 0.717) is 5.75 Å². The second kappa shape index (κ2) is 7.14. The number of nitrogens with one attached hydrogen (secondary N) is 1. The van der Waals surface area contributed by atoms with Crippen molar-refractivity contribution in [1.29, 1.82) is 0 Å². The number of carbonyl (C=O) groups is 1. The van der Waals surface area contributed by atoms with Gasteiger partial charge in [0.25, 0.3) is 0 Å². The van der Waals surface area contributed by atoms with Crippen molar-refractivity contribution in [2.24, 2.45) is 11.7 Å². The zero-order valence-electron chi connectivity index (χ0n) is 11.0. The first-order valence-corrected chi connectivity index (χ1v) is 6.12. The normalized spacial score (nSPS) is 12.8. The van der Waals surface area contributed by atoms with Crippen molar-refractivity contribution in [3.8, 4) is 5.75 Å². The van der Waals surface area contributed by atoms with E-state index in [1.54, 1.807) is 6.92 Å². The highest BCUT2D eigenvalue weighted by Crippen LogP contribution is 2.30. The first-order chi connectivity index (χ1) is 9.34. The average molecular weight is 290 g/mol. The van der Waals surface area contributed by atoms with Crippen molar-refractivity contribution >= 4 is 5.91 Å². The minimum absolute atomic E-state index is 0.175. The van der Waals surface area contributed by atoms with Crippen LogP contribution in [0.5, 0.6) is 5.75 Å². The van der Waals surface area contributed by atoms with Crippen molar-refractivity contribution in [3.63, 3.8) is 0 Å². The van der Waals surface area contributed by atoms with E-state index in [0.717, 1.165) is 12.1 Å². The van der Waals surface area contributed by atoms with Gasteiger partial charge in [-0.05, 0) is 24.3 Å². The molecular formula is C13H17F3N2O2. The number of ether oxygens (including phenoxy) is 1. The molecule has 0 aromatic heterocycles. The second-order valence-corrected chi connectivity index (χ2v) is 4.30. The number of halogens is 3. The van der Waals surface area contributed by atoms with Crippen LogP contribution in [0.2, 0.25) is 0 Å². The van der Waals surface area contributed by atoms with E-state index in [9.17, 15) is 18.0 Å². The Morgan fingerprint density at radius 1 is 1.35 bits per heavy atom. The van der Waals surface area contributed by atoms with Crippen LogP contribution >= 0.6 is 0 Å². The molecule has 1 aromatic rings. The van der Waals surface area contributed by atoms with E-state index in [4.69, 9.17) is 10.5 Å². The molecule has 1 amide bonds. The van der Waals surface area contributed by atoms with Gasteiger partial charge in [-0.25, -0.2) is 0 Å². The van der Waals surface area contributed by atoms with Gasteiger partial charge in [0.05, 0.1) is 12.1 Å². The molecule has 0 aliphatic heterocycles. The molecule has 4 nitrogen and oxygen atoms in total. The van der Waals surface area contributed by atoms with E-state index < -0.39 is 11.7 Å². The van der Waals surface area contributed by atoms with Crippen molar-refractivity contribution < 1.29 is 22.7 Å². The van der Waals surface area contributed by atoms with Gasteiger partial charge in [-0.15, -0.1) is 0 Å². The average Bonchev–Trinajstić information content (AvgIpc) is 2.42. The van der Waals surface area contributed by atoms with Gasteiger partial charge in [-0.2, -0.15) is 13.2 Å². The number of rotatable bonds is 6. The van der Waals surface area contributed by atoms with Crippen LogP contribution in [-0.2, 0) is 11.0 Å². The lowest BCUT2D eigenvalue weighted by molar-refractivity contribution is -0.137. The van der Waals surface area contributed by atoms with E-state index in [1.807, 2.05) is 0 Å². The summed E-state index contributed by atoms with van der Waals surface area (Å²) in [6, 6.07) is 4.38. The van der Waals surface area contributed by atoms with Gasteiger partial charge in [-0.3, -0.25) is 4.79 Å². The lowest BCUT2D eigenvalue weighted by Crippen LogP contribution is -2.35. The SMILES string of the molecule is CC(CN)C(=O)NCCOc1ccc(C(F)(F)F)cc1. The van der Waals surface area contributed by atoms with Crippen molar-refractivity contribution in [3.05, 3.63) is 29.8 Å². The summed E-state index contributed by atoms with van der Waals surface area (Å²) >= 11 is 0. The Labute approximate surface area is 115 Å². The molecule has 0 saturated carbocycles. The Morgan fingerprint density at radius 2 is 1.95 bits per heavy atom. The van der Waals surface area contributed by atoms with Gasteiger partial charge in [0, 0.05) is 12.5 Å². The fourth-order valence-electron chi connectivity index (χ4n) is 1.36. The summed E-state index contributed by atoms with van der Waals surface area (Å²) in [4.78, 5) is 11.4. The molecule has 3 N–H and O–H groups in total. The summed E-state index contributed by atoms with van der Waals surface area (Å²) in [6.07, 6.45) is -4.36. The van der Waals surface area contributed by atoms with Gasteiger partial charge < -0.3 is 15.8 Å². The van der Waals surface area contributed by atoms with Crippen molar-refractivity contribution in [2.45, 2.75) is 13.1 Å². The van der Waals surface area contributed by atoms with Crippen LogP contribution in [0.4, 0.5) is 13.2 Å². The third-order valence-electron chi connectivity index (χ3n) is 2.65. The van der Waals surface area contributed by atoms with E-state index in [1.165, 1.54) is 12.1 Å². The fourth-order valence-corrected chi connectivity index (χ4v) is 1.36. The lowest BCUT2D eigenvalue weighted by Gasteiger charge is -2.11. The molecule has 1 atom stereocenters. The van der Waals surface area contributed by atoms with Gasteiger partial charge in [-0.1, -0.05) is 6.92 Å². The summed E-state index contributed by atoms with van der Waals surface area (Å²) in [6.45, 7) is 2.40. The highest BCUT2D eigenvalue weighted by Gasteiger charge is 2.29. The Morgan fingerprint density at radius 3 is 2.45 bits per heavy atom. The Balaban J connectivity index is 2.34. The molecule has 0 aliphatic carbocycles. The molecule has 1 aromatic carbocycles. The summed E-state index contributed by atoms with van der Waals surface area (Å²) in [5, 5.41) is 2.62. The maximum atomic E-state index is 12.3. The maximum Gasteiger partial charge on any atom is 0.416 e. The van der Waals surface area contributed by atoms with Gasteiger partial charge in [0.2, 0.25) is 5.91 Å². The second-order valence-electron chi connectivity index (χ2n) is 4.30. The zero-order valence-corrected chi connectivity index (χ0v) is 11.0. The minimum atomic E-state index is -4.36. The topological polar surface area (TPSA) is 64.4 Å². The molecule has 112 valence electrons. The molecule has 0 heterocycles. The summed E-state index contributed by atoms with van der Waals surface area (Å²) < 4.78 is 42.2. The first kappa shape index (κ1) is 16.3. The van der Waals surface area contributed by atoms with E-state index in [2.05, 4.69) is 5.32 Å². The molecule has 1 rings (SSSR count). The Hall–Kier alpha value is -1.76. The molecule has 20 heavy (non-hydrogen) atoms. The van der Waals surface area contributed by atoms with Crippen molar-refractivity contribution in [1.82, 2.24) is 5.32 Å². The number of benzene rings is 1. The molecule has 0 bridgehead atoms. The fraction of sp³-hybridized carbons (Fsp3) is 0.462. The van der Waals surface area contributed by atoms with Crippen LogP contribution < -0.4 is 15.8 Å². The number of amides is 1. The van der Waals surface area contributed by atoms with E-state index >= 15 is 0 Å². The first-order valence-electron chi connectivity index (χ1n) is 6.12. The summed E-state index contributed by atoms with van der Waals surface area (Å²) in [5.74, 6) is -0.135. The predicted molar refractivity (Wildman–Crippen MR) is 68.2 cm³/mol. The monoisotopic (exact) mass is 290 g/mol. The van der Waals surface area contributed by atoms with Gasteiger partial charge in [0.1, 0.15) is 12.4 Å². The number of hydrogen-bond acceptors (Lipinski definition) is 3. The minimum Gasteiger partial charge on any atom is -0.492 e. The van der Waals surface area contributed by atoms with Crippen LogP contribution in [0, 0.1) is 5.92 Å². The third kappa shape index (κ3) is 5.08.